The molecule has 0 radical (unpaired) electrons. The lowest BCUT2D eigenvalue weighted by Crippen LogP contribution is -2.50. The summed E-state index contributed by atoms with van der Waals surface area (Å²) < 4.78 is 11.1. The quantitative estimate of drug-likeness (QED) is 0.460. The number of carbonyl (C=O) groups is 2. The van der Waals surface area contributed by atoms with E-state index in [4.69, 9.17) is 32.7 Å². The van der Waals surface area contributed by atoms with E-state index < -0.39 is 5.60 Å². The molecule has 0 bridgehead atoms. The van der Waals surface area contributed by atoms with Crippen molar-refractivity contribution in [2.24, 2.45) is 0 Å². The Morgan fingerprint density at radius 1 is 1.03 bits per heavy atom. The molecule has 1 aliphatic carbocycles. The van der Waals surface area contributed by atoms with Gasteiger partial charge in [0.15, 0.2) is 0 Å². The van der Waals surface area contributed by atoms with E-state index in [-0.39, 0.29) is 24.8 Å². The number of hydrogen-bond acceptors (Lipinski definition) is 5. The highest BCUT2D eigenvalue weighted by Crippen LogP contribution is 2.38. The standard InChI is InChI=1S/C27H33Cl2N3O4/c1-27(2,3)36-26(34)32-11-9-31(10-12-32)22-7-5-19-6-8-24(23(19)16-22)30(4)25(33)35-17-18-13-20(28)15-21(29)14-18/h5,7,13-16,24H,6,8-12,17H2,1-4H3. The molecule has 1 fully saturated rings. The third kappa shape index (κ3) is 6.37. The average Bonchev–Trinajstić information content (AvgIpc) is 3.23. The van der Waals surface area contributed by atoms with Gasteiger partial charge in [-0.2, -0.15) is 0 Å². The largest absolute Gasteiger partial charge is 0.445 e. The van der Waals surface area contributed by atoms with Crippen molar-refractivity contribution in [2.75, 3.05) is 38.1 Å². The van der Waals surface area contributed by atoms with Gasteiger partial charge >= 0.3 is 12.2 Å². The molecule has 36 heavy (non-hydrogen) atoms. The lowest BCUT2D eigenvalue weighted by molar-refractivity contribution is 0.0240. The third-order valence-electron chi connectivity index (χ3n) is 6.51. The lowest BCUT2D eigenvalue weighted by Gasteiger charge is -2.37. The molecule has 9 heteroatoms. The molecule has 1 saturated heterocycles. The van der Waals surface area contributed by atoms with E-state index in [1.54, 1.807) is 35.0 Å². The summed E-state index contributed by atoms with van der Waals surface area (Å²) in [5, 5.41) is 1.01. The Balaban J connectivity index is 1.38. The van der Waals surface area contributed by atoms with Crippen LogP contribution in [-0.4, -0.2) is 60.8 Å². The fraction of sp³-hybridized carbons (Fsp3) is 0.481. The van der Waals surface area contributed by atoms with Crippen LogP contribution >= 0.6 is 23.2 Å². The molecule has 7 nitrogen and oxygen atoms in total. The molecule has 2 aromatic rings. The molecule has 2 aromatic carbocycles. The van der Waals surface area contributed by atoms with Gasteiger partial charge in [-0.3, -0.25) is 0 Å². The molecular weight excluding hydrogens is 501 g/mol. The molecule has 0 saturated carbocycles. The summed E-state index contributed by atoms with van der Waals surface area (Å²) in [4.78, 5) is 30.9. The SMILES string of the molecule is CN(C(=O)OCc1cc(Cl)cc(Cl)c1)C1CCc2ccc(N3CCN(C(=O)OC(C)(C)C)CC3)cc21. The van der Waals surface area contributed by atoms with Crippen LogP contribution in [-0.2, 0) is 22.5 Å². The highest BCUT2D eigenvalue weighted by Gasteiger charge is 2.31. The number of halogens is 2. The maximum absolute atomic E-state index is 12.8. The minimum atomic E-state index is -0.502. The van der Waals surface area contributed by atoms with E-state index >= 15 is 0 Å². The normalized spacial score (nSPS) is 17.6. The highest BCUT2D eigenvalue weighted by molar-refractivity contribution is 6.34. The fourth-order valence-corrected chi connectivity index (χ4v) is 5.28. The molecule has 1 unspecified atom stereocenters. The number of rotatable bonds is 4. The Labute approximate surface area is 222 Å². The van der Waals surface area contributed by atoms with Crippen LogP contribution < -0.4 is 4.90 Å². The van der Waals surface area contributed by atoms with Gasteiger partial charge in [-0.1, -0.05) is 29.3 Å². The predicted octanol–water partition coefficient (Wildman–Crippen LogP) is 6.31. The smallest absolute Gasteiger partial charge is 0.410 e. The molecule has 1 aliphatic heterocycles. The third-order valence-corrected chi connectivity index (χ3v) is 6.95. The predicted molar refractivity (Wildman–Crippen MR) is 142 cm³/mol. The Hall–Kier alpha value is -2.64. The summed E-state index contributed by atoms with van der Waals surface area (Å²) in [6, 6.07) is 11.5. The maximum atomic E-state index is 12.8. The molecule has 194 valence electrons. The van der Waals surface area contributed by atoms with Gasteiger partial charge in [0.25, 0.3) is 0 Å². The van der Waals surface area contributed by atoms with Gasteiger partial charge in [0.2, 0.25) is 0 Å². The zero-order valence-corrected chi connectivity index (χ0v) is 22.7. The van der Waals surface area contributed by atoms with E-state index in [0.717, 1.165) is 42.7 Å². The molecule has 0 aromatic heterocycles. The Morgan fingerprint density at radius 2 is 1.69 bits per heavy atom. The Bertz CT molecular complexity index is 1110. The van der Waals surface area contributed by atoms with Gasteiger partial charge in [0, 0.05) is 49.0 Å². The summed E-state index contributed by atoms with van der Waals surface area (Å²) in [6.45, 7) is 8.40. The van der Waals surface area contributed by atoms with Crippen molar-refractivity contribution in [2.45, 2.75) is 51.9 Å². The minimum Gasteiger partial charge on any atom is -0.445 e. The number of anilines is 1. The van der Waals surface area contributed by atoms with Gasteiger partial charge in [0.1, 0.15) is 12.2 Å². The van der Waals surface area contributed by atoms with Gasteiger partial charge < -0.3 is 24.2 Å². The number of ether oxygens (including phenoxy) is 2. The van der Waals surface area contributed by atoms with E-state index in [0.29, 0.717) is 23.1 Å². The van der Waals surface area contributed by atoms with Crippen molar-refractivity contribution < 1.29 is 19.1 Å². The monoisotopic (exact) mass is 533 g/mol. The number of nitrogens with zero attached hydrogens (tertiary/aromatic N) is 3. The number of piperazine rings is 1. The summed E-state index contributed by atoms with van der Waals surface area (Å²) >= 11 is 12.1. The second kappa shape index (κ2) is 10.8. The minimum absolute atomic E-state index is 0.0570. The van der Waals surface area contributed by atoms with Crippen molar-refractivity contribution >= 4 is 41.1 Å². The van der Waals surface area contributed by atoms with Crippen LogP contribution in [0.2, 0.25) is 10.0 Å². The van der Waals surface area contributed by atoms with Crippen LogP contribution in [0, 0.1) is 0 Å². The zero-order valence-electron chi connectivity index (χ0n) is 21.2. The first kappa shape index (κ1) is 26.4. The summed E-state index contributed by atoms with van der Waals surface area (Å²) in [5.41, 5.74) is 3.73. The molecule has 4 rings (SSSR count). The molecular formula is C27H33Cl2N3O4. The number of fused-ring (bicyclic) bond motifs is 1. The Morgan fingerprint density at radius 3 is 2.33 bits per heavy atom. The van der Waals surface area contributed by atoms with Crippen LogP contribution in [0.25, 0.3) is 0 Å². The first-order valence-corrected chi connectivity index (χ1v) is 13.0. The fourth-order valence-electron chi connectivity index (χ4n) is 4.71. The first-order valence-electron chi connectivity index (χ1n) is 12.2. The molecule has 1 atom stereocenters. The summed E-state index contributed by atoms with van der Waals surface area (Å²) in [6.07, 6.45) is 1.10. The highest BCUT2D eigenvalue weighted by atomic mass is 35.5. The van der Waals surface area contributed by atoms with Crippen molar-refractivity contribution in [3.63, 3.8) is 0 Å². The number of carbonyl (C=O) groups excluding carboxylic acids is 2. The van der Waals surface area contributed by atoms with Crippen molar-refractivity contribution in [3.05, 3.63) is 63.1 Å². The number of benzene rings is 2. The molecule has 2 aliphatic rings. The number of aryl methyl sites for hydroxylation is 1. The second-order valence-electron chi connectivity index (χ2n) is 10.3. The van der Waals surface area contributed by atoms with Gasteiger partial charge in [-0.05, 0) is 80.6 Å². The Kier molecular flexibility index (Phi) is 7.90. The van der Waals surface area contributed by atoms with Crippen LogP contribution in [0.4, 0.5) is 15.3 Å². The van der Waals surface area contributed by atoms with Gasteiger partial charge in [-0.25, -0.2) is 9.59 Å². The molecule has 0 spiro atoms. The lowest BCUT2D eigenvalue weighted by atomic mass is 10.1. The van der Waals surface area contributed by atoms with Crippen LogP contribution in [0.15, 0.2) is 36.4 Å². The van der Waals surface area contributed by atoms with Crippen LogP contribution in [0.3, 0.4) is 0 Å². The van der Waals surface area contributed by atoms with E-state index in [1.807, 2.05) is 20.8 Å². The van der Waals surface area contributed by atoms with Crippen molar-refractivity contribution in [1.82, 2.24) is 9.80 Å². The van der Waals surface area contributed by atoms with E-state index in [9.17, 15) is 9.59 Å². The van der Waals surface area contributed by atoms with E-state index in [1.165, 1.54) is 5.56 Å². The van der Waals surface area contributed by atoms with Crippen LogP contribution in [0.1, 0.15) is 49.9 Å². The topological polar surface area (TPSA) is 62.3 Å². The van der Waals surface area contributed by atoms with E-state index in [2.05, 4.69) is 23.1 Å². The molecule has 0 N–H and O–H groups in total. The number of amides is 2. The molecule has 1 heterocycles. The second-order valence-corrected chi connectivity index (χ2v) is 11.2. The summed E-state index contributed by atoms with van der Waals surface area (Å²) in [5.74, 6) is 0. The van der Waals surface area contributed by atoms with Gasteiger partial charge in [0.05, 0.1) is 6.04 Å². The van der Waals surface area contributed by atoms with Crippen LogP contribution in [0.5, 0.6) is 0 Å². The van der Waals surface area contributed by atoms with Crippen molar-refractivity contribution in [1.29, 1.82) is 0 Å². The molecule has 2 amide bonds. The van der Waals surface area contributed by atoms with Gasteiger partial charge in [-0.15, -0.1) is 0 Å². The van der Waals surface area contributed by atoms with Crippen molar-refractivity contribution in [3.8, 4) is 0 Å². The zero-order chi connectivity index (χ0) is 26.0. The summed E-state index contributed by atoms with van der Waals surface area (Å²) in [7, 11) is 1.78. The number of hydrogen-bond donors (Lipinski definition) is 0. The maximum Gasteiger partial charge on any atom is 0.410 e. The average molecular weight is 534 g/mol. The first-order chi connectivity index (χ1) is 17.0.